The molecule has 0 radical (unpaired) electrons. The van der Waals surface area contributed by atoms with Crippen LogP contribution < -0.4 is 0 Å². The third-order valence-electron chi connectivity index (χ3n) is 2.92. The van der Waals surface area contributed by atoms with Crippen molar-refractivity contribution in [3.8, 4) is 0 Å². The van der Waals surface area contributed by atoms with Gasteiger partial charge in [-0.3, -0.25) is 0 Å². The van der Waals surface area contributed by atoms with E-state index in [0.717, 1.165) is 11.6 Å². The van der Waals surface area contributed by atoms with Crippen LogP contribution in [-0.4, -0.2) is 0 Å². The molecule has 0 aliphatic heterocycles. The summed E-state index contributed by atoms with van der Waals surface area (Å²) in [7, 11) is 0. The van der Waals surface area contributed by atoms with E-state index < -0.39 is 17.5 Å². The number of halogens is 3. The van der Waals surface area contributed by atoms with Gasteiger partial charge in [0.1, 0.15) is 5.82 Å². The summed E-state index contributed by atoms with van der Waals surface area (Å²) in [5.74, 6) is -2.59. The van der Waals surface area contributed by atoms with Crippen molar-refractivity contribution in [2.45, 2.75) is 13.8 Å². The summed E-state index contributed by atoms with van der Waals surface area (Å²) in [5, 5.41) is 0. The topological polar surface area (TPSA) is 0 Å². The van der Waals surface area contributed by atoms with Crippen LogP contribution in [0.5, 0.6) is 0 Å². The summed E-state index contributed by atoms with van der Waals surface area (Å²) in [6.45, 7) is 3.42. The van der Waals surface area contributed by atoms with E-state index in [-0.39, 0.29) is 11.1 Å². The number of hydrogen-bond donors (Lipinski definition) is 0. The van der Waals surface area contributed by atoms with Crippen molar-refractivity contribution in [3.05, 3.63) is 70.5 Å². The highest BCUT2D eigenvalue weighted by molar-refractivity contribution is 5.83. The lowest BCUT2D eigenvalue weighted by Crippen LogP contribution is -1.88. The Morgan fingerprint density at radius 2 is 1.32 bits per heavy atom. The standard InChI is InChI=1S/C16H13F3/c1-10-3-6-12(7-4-10)15(18)16(19)13-8-5-11(2)14(17)9-13/h3-9H,1-2H3/b16-15+. The van der Waals surface area contributed by atoms with Crippen LogP contribution in [0.1, 0.15) is 22.3 Å². The first-order valence-electron chi connectivity index (χ1n) is 5.88. The molecule has 0 aromatic heterocycles. The molecule has 0 saturated carbocycles. The van der Waals surface area contributed by atoms with Crippen molar-refractivity contribution in [3.63, 3.8) is 0 Å². The Balaban J connectivity index is 2.45. The van der Waals surface area contributed by atoms with E-state index in [1.807, 2.05) is 6.92 Å². The van der Waals surface area contributed by atoms with E-state index in [4.69, 9.17) is 0 Å². The quantitative estimate of drug-likeness (QED) is 0.652. The molecule has 0 fully saturated rings. The zero-order valence-electron chi connectivity index (χ0n) is 10.7. The Morgan fingerprint density at radius 3 is 1.89 bits per heavy atom. The van der Waals surface area contributed by atoms with Crippen molar-refractivity contribution in [2.75, 3.05) is 0 Å². The van der Waals surface area contributed by atoms with Gasteiger partial charge in [0.05, 0.1) is 0 Å². The fourth-order valence-corrected chi connectivity index (χ4v) is 1.68. The molecule has 0 bridgehead atoms. The highest BCUT2D eigenvalue weighted by atomic mass is 19.2. The molecule has 3 heteroatoms. The van der Waals surface area contributed by atoms with Crippen LogP contribution in [0, 0.1) is 19.7 Å². The monoisotopic (exact) mass is 262 g/mol. The molecule has 0 aliphatic rings. The van der Waals surface area contributed by atoms with Gasteiger partial charge in [0.2, 0.25) is 0 Å². The van der Waals surface area contributed by atoms with Gasteiger partial charge in [-0.05, 0) is 25.5 Å². The van der Waals surface area contributed by atoms with Crippen molar-refractivity contribution in [1.29, 1.82) is 0 Å². The second-order valence-corrected chi connectivity index (χ2v) is 4.46. The van der Waals surface area contributed by atoms with E-state index in [1.165, 1.54) is 24.3 Å². The molecule has 0 saturated heterocycles. The average molecular weight is 262 g/mol. The predicted molar refractivity (Wildman–Crippen MR) is 71.3 cm³/mol. The minimum atomic E-state index is -1.05. The third kappa shape index (κ3) is 2.87. The van der Waals surface area contributed by atoms with E-state index in [1.54, 1.807) is 19.1 Å². The smallest absolute Gasteiger partial charge is 0.166 e. The summed E-state index contributed by atoms with van der Waals surface area (Å²) in [4.78, 5) is 0. The molecule has 0 atom stereocenters. The van der Waals surface area contributed by atoms with Crippen molar-refractivity contribution < 1.29 is 13.2 Å². The zero-order chi connectivity index (χ0) is 14.0. The van der Waals surface area contributed by atoms with Crippen LogP contribution in [-0.2, 0) is 0 Å². The number of aryl methyl sites for hydroxylation is 2. The fourth-order valence-electron chi connectivity index (χ4n) is 1.68. The Morgan fingerprint density at radius 1 is 0.789 bits per heavy atom. The summed E-state index contributed by atoms with van der Waals surface area (Å²) in [6, 6.07) is 10.2. The first kappa shape index (κ1) is 13.4. The highest BCUT2D eigenvalue weighted by Gasteiger charge is 2.12. The first-order chi connectivity index (χ1) is 8.99. The van der Waals surface area contributed by atoms with Gasteiger partial charge >= 0.3 is 0 Å². The number of rotatable bonds is 2. The molecular weight excluding hydrogens is 249 g/mol. The van der Waals surface area contributed by atoms with Crippen molar-refractivity contribution in [1.82, 2.24) is 0 Å². The van der Waals surface area contributed by atoms with Crippen molar-refractivity contribution >= 4 is 11.7 Å². The lowest BCUT2D eigenvalue weighted by atomic mass is 10.1. The van der Waals surface area contributed by atoms with Gasteiger partial charge in [-0.15, -0.1) is 0 Å². The molecule has 19 heavy (non-hydrogen) atoms. The molecule has 2 aromatic carbocycles. The minimum absolute atomic E-state index is 0.0961. The van der Waals surface area contributed by atoms with Gasteiger partial charge in [-0.25, -0.2) is 13.2 Å². The number of benzene rings is 2. The molecule has 0 heterocycles. The van der Waals surface area contributed by atoms with Crippen LogP contribution in [0.3, 0.4) is 0 Å². The molecule has 0 nitrogen and oxygen atoms in total. The molecule has 0 spiro atoms. The second-order valence-electron chi connectivity index (χ2n) is 4.46. The Hall–Kier alpha value is -2.03. The SMILES string of the molecule is Cc1ccc(/C(F)=C(\F)c2ccc(C)c(F)c2)cc1. The lowest BCUT2D eigenvalue weighted by Gasteiger charge is -2.04. The Labute approximate surface area is 110 Å². The Bertz CT molecular complexity index is 625. The van der Waals surface area contributed by atoms with Crippen LogP contribution in [0.25, 0.3) is 11.7 Å². The molecule has 0 aliphatic carbocycles. The maximum Gasteiger partial charge on any atom is 0.166 e. The molecule has 0 N–H and O–H groups in total. The van der Waals surface area contributed by atoms with Gasteiger partial charge in [0.25, 0.3) is 0 Å². The third-order valence-corrected chi connectivity index (χ3v) is 2.92. The van der Waals surface area contributed by atoms with Crippen LogP contribution in [0.2, 0.25) is 0 Å². The summed E-state index contributed by atoms with van der Waals surface area (Å²) < 4.78 is 41.3. The van der Waals surface area contributed by atoms with E-state index in [9.17, 15) is 13.2 Å². The first-order valence-corrected chi connectivity index (χ1v) is 5.88. The largest absolute Gasteiger partial charge is 0.207 e. The van der Waals surface area contributed by atoms with Gasteiger partial charge in [-0.1, -0.05) is 42.0 Å². The van der Waals surface area contributed by atoms with Gasteiger partial charge < -0.3 is 0 Å². The molecule has 2 aromatic rings. The molecule has 0 amide bonds. The van der Waals surface area contributed by atoms with E-state index in [2.05, 4.69) is 0 Å². The molecular formula is C16H13F3. The van der Waals surface area contributed by atoms with Gasteiger partial charge in [-0.2, -0.15) is 0 Å². The number of hydrogen-bond acceptors (Lipinski definition) is 0. The van der Waals surface area contributed by atoms with E-state index in [0.29, 0.717) is 5.56 Å². The molecule has 2 rings (SSSR count). The summed E-state index contributed by atoms with van der Waals surface area (Å²) >= 11 is 0. The second kappa shape index (κ2) is 5.31. The van der Waals surface area contributed by atoms with Crippen LogP contribution in [0.4, 0.5) is 13.2 Å². The normalized spacial score (nSPS) is 12.3. The fraction of sp³-hybridized carbons (Fsp3) is 0.125. The summed E-state index contributed by atoms with van der Waals surface area (Å²) in [5.41, 5.74) is 1.40. The van der Waals surface area contributed by atoms with Gasteiger partial charge in [0.15, 0.2) is 11.7 Å². The maximum atomic E-state index is 14.0. The van der Waals surface area contributed by atoms with Crippen molar-refractivity contribution in [2.24, 2.45) is 0 Å². The summed E-state index contributed by atoms with van der Waals surface area (Å²) in [6.07, 6.45) is 0. The average Bonchev–Trinajstić information content (AvgIpc) is 2.41. The Kier molecular flexibility index (Phi) is 3.74. The lowest BCUT2D eigenvalue weighted by molar-refractivity contribution is 0.616. The minimum Gasteiger partial charge on any atom is -0.207 e. The predicted octanol–water partition coefficient (Wildman–Crippen LogP) is 5.21. The zero-order valence-corrected chi connectivity index (χ0v) is 10.7. The molecule has 98 valence electrons. The highest BCUT2D eigenvalue weighted by Crippen LogP contribution is 2.29. The van der Waals surface area contributed by atoms with Crippen LogP contribution in [0.15, 0.2) is 42.5 Å². The van der Waals surface area contributed by atoms with Crippen LogP contribution >= 0.6 is 0 Å². The van der Waals surface area contributed by atoms with E-state index >= 15 is 0 Å². The van der Waals surface area contributed by atoms with Gasteiger partial charge in [0, 0.05) is 11.1 Å². The molecule has 0 unspecified atom stereocenters. The maximum absolute atomic E-state index is 14.0.